The molecule has 3 rings (SSSR count). The zero-order valence-electron chi connectivity index (χ0n) is 14.3. The van der Waals surface area contributed by atoms with Gasteiger partial charge in [0.15, 0.2) is 0 Å². The highest BCUT2D eigenvalue weighted by molar-refractivity contribution is 7.10. The molecule has 1 saturated heterocycles. The average molecular weight is 362 g/mol. The van der Waals surface area contributed by atoms with Crippen LogP contribution in [0.2, 0.25) is 0 Å². The molecule has 134 valence electrons. The Bertz CT molecular complexity index is 739. The summed E-state index contributed by atoms with van der Waals surface area (Å²) >= 11 is 1.57. The van der Waals surface area contributed by atoms with Gasteiger partial charge < -0.3 is 15.3 Å². The van der Waals surface area contributed by atoms with Gasteiger partial charge >= 0.3 is 0 Å². The molecular formula is C19H23FN2O2S. The van der Waals surface area contributed by atoms with E-state index in [9.17, 15) is 14.3 Å². The number of hydrogen-bond donors (Lipinski definition) is 2. The van der Waals surface area contributed by atoms with Gasteiger partial charge in [0.25, 0.3) is 5.91 Å². The van der Waals surface area contributed by atoms with Gasteiger partial charge in [-0.05, 0) is 43.5 Å². The molecule has 4 nitrogen and oxygen atoms in total. The van der Waals surface area contributed by atoms with E-state index < -0.39 is 5.60 Å². The number of aliphatic hydroxyl groups is 1. The number of rotatable bonds is 5. The van der Waals surface area contributed by atoms with Crippen molar-refractivity contribution in [1.82, 2.24) is 10.2 Å². The van der Waals surface area contributed by atoms with Crippen LogP contribution in [0.25, 0.3) is 0 Å². The zero-order chi connectivity index (χ0) is 17.9. The van der Waals surface area contributed by atoms with Crippen molar-refractivity contribution in [3.8, 4) is 0 Å². The van der Waals surface area contributed by atoms with E-state index in [2.05, 4.69) is 10.2 Å². The first kappa shape index (κ1) is 18.0. The molecule has 0 aliphatic carbocycles. The molecule has 6 heteroatoms. The first-order valence-electron chi connectivity index (χ1n) is 8.50. The van der Waals surface area contributed by atoms with Crippen LogP contribution in [0, 0.1) is 12.7 Å². The molecule has 1 amide bonds. The highest BCUT2D eigenvalue weighted by Gasteiger charge is 2.33. The molecule has 0 bridgehead atoms. The smallest absolute Gasteiger partial charge is 0.252 e. The summed E-state index contributed by atoms with van der Waals surface area (Å²) in [7, 11) is 0. The lowest BCUT2D eigenvalue weighted by molar-refractivity contribution is -0.0257. The van der Waals surface area contributed by atoms with Crippen molar-refractivity contribution in [3.63, 3.8) is 0 Å². The number of carbonyl (C=O) groups is 1. The molecule has 0 saturated carbocycles. The van der Waals surface area contributed by atoms with Gasteiger partial charge in [0.1, 0.15) is 5.82 Å². The Morgan fingerprint density at radius 1 is 1.36 bits per heavy atom. The van der Waals surface area contributed by atoms with Gasteiger partial charge in [-0.1, -0.05) is 12.1 Å². The minimum atomic E-state index is -0.962. The first-order valence-corrected chi connectivity index (χ1v) is 9.38. The Kier molecular flexibility index (Phi) is 5.51. The zero-order valence-corrected chi connectivity index (χ0v) is 15.1. The SMILES string of the molecule is Cc1cc(C(=O)NCCN2CCC(O)(c3cccc(F)c3)CC2)cs1. The van der Waals surface area contributed by atoms with Gasteiger partial charge in [-0.2, -0.15) is 0 Å². The summed E-state index contributed by atoms with van der Waals surface area (Å²) in [6.07, 6.45) is 1.13. The fourth-order valence-electron chi connectivity index (χ4n) is 3.21. The van der Waals surface area contributed by atoms with Crippen molar-refractivity contribution in [2.24, 2.45) is 0 Å². The highest BCUT2D eigenvalue weighted by Crippen LogP contribution is 2.32. The fraction of sp³-hybridized carbons (Fsp3) is 0.421. The van der Waals surface area contributed by atoms with Gasteiger partial charge in [0.2, 0.25) is 0 Å². The molecule has 1 aliphatic heterocycles. The number of halogens is 1. The molecule has 0 unspecified atom stereocenters. The van der Waals surface area contributed by atoms with Gasteiger partial charge in [-0.15, -0.1) is 11.3 Å². The van der Waals surface area contributed by atoms with Gasteiger partial charge in [0.05, 0.1) is 11.2 Å². The van der Waals surface area contributed by atoms with Crippen molar-refractivity contribution >= 4 is 17.2 Å². The van der Waals surface area contributed by atoms with Crippen LogP contribution in [-0.2, 0) is 5.60 Å². The summed E-state index contributed by atoms with van der Waals surface area (Å²) in [6, 6.07) is 8.11. The third-order valence-corrected chi connectivity index (χ3v) is 5.61. The van der Waals surface area contributed by atoms with Crippen molar-refractivity contribution in [1.29, 1.82) is 0 Å². The van der Waals surface area contributed by atoms with E-state index >= 15 is 0 Å². The number of thiophene rings is 1. The Labute approximate surface area is 151 Å². The molecule has 2 heterocycles. The van der Waals surface area contributed by atoms with E-state index in [0.29, 0.717) is 30.5 Å². The van der Waals surface area contributed by atoms with Crippen LogP contribution in [0.4, 0.5) is 4.39 Å². The number of likely N-dealkylation sites (tertiary alicyclic amines) is 1. The van der Waals surface area contributed by atoms with Crippen LogP contribution in [0.3, 0.4) is 0 Å². The number of hydrogen-bond acceptors (Lipinski definition) is 4. The van der Waals surface area contributed by atoms with E-state index in [1.807, 2.05) is 18.4 Å². The van der Waals surface area contributed by atoms with Crippen molar-refractivity contribution in [2.75, 3.05) is 26.2 Å². The predicted molar refractivity (Wildman–Crippen MR) is 97.4 cm³/mol. The third kappa shape index (κ3) is 4.45. The molecule has 1 aliphatic rings. The van der Waals surface area contributed by atoms with Gasteiger partial charge in [-0.25, -0.2) is 4.39 Å². The first-order chi connectivity index (χ1) is 12.0. The molecule has 1 aromatic heterocycles. The van der Waals surface area contributed by atoms with Crippen molar-refractivity contribution in [2.45, 2.75) is 25.4 Å². The molecule has 0 spiro atoms. The van der Waals surface area contributed by atoms with Crippen LogP contribution >= 0.6 is 11.3 Å². The van der Waals surface area contributed by atoms with Crippen LogP contribution in [-0.4, -0.2) is 42.1 Å². The maximum Gasteiger partial charge on any atom is 0.252 e. The van der Waals surface area contributed by atoms with E-state index in [1.165, 1.54) is 12.1 Å². The monoisotopic (exact) mass is 362 g/mol. The number of carbonyl (C=O) groups excluding carboxylic acids is 1. The largest absolute Gasteiger partial charge is 0.385 e. The molecule has 25 heavy (non-hydrogen) atoms. The molecule has 2 N–H and O–H groups in total. The normalized spacial score (nSPS) is 17.4. The summed E-state index contributed by atoms with van der Waals surface area (Å²) in [5, 5.41) is 15.6. The second-order valence-corrected chi connectivity index (χ2v) is 7.70. The lowest BCUT2D eigenvalue weighted by Gasteiger charge is -2.38. The van der Waals surface area contributed by atoms with Gasteiger partial charge in [-0.3, -0.25) is 4.79 Å². The lowest BCUT2D eigenvalue weighted by atomic mass is 9.84. The van der Waals surface area contributed by atoms with E-state index in [4.69, 9.17) is 0 Å². The second kappa shape index (κ2) is 7.64. The highest BCUT2D eigenvalue weighted by atomic mass is 32.1. The van der Waals surface area contributed by atoms with Crippen molar-refractivity contribution in [3.05, 3.63) is 57.5 Å². The number of nitrogens with one attached hydrogen (secondary N) is 1. The van der Waals surface area contributed by atoms with Gasteiger partial charge in [0, 0.05) is 36.4 Å². The maximum absolute atomic E-state index is 13.4. The summed E-state index contributed by atoms with van der Waals surface area (Å²) in [5.41, 5.74) is 0.394. The maximum atomic E-state index is 13.4. The number of amides is 1. The molecule has 1 aromatic carbocycles. The van der Waals surface area contributed by atoms with Crippen LogP contribution in [0.5, 0.6) is 0 Å². The summed E-state index contributed by atoms with van der Waals surface area (Å²) in [5.74, 6) is -0.364. The number of aryl methyl sites for hydroxylation is 1. The lowest BCUT2D eigenvalue weighted by Crippen LogP contribution is -2.45. The third-order valence-electron chi connectivity index (χ3n) is 4.75. The second-order valence-electron chi connectivity index (χ2n) is 6.59. The minimum absolute atomic E-state index is 0.0439. The topological polar surface area (TPSA) is 52.6 Å². The summed E-state index contributed by atoms with van der Waals surface area (Å²) in [4.78, 5) is 15.4. The fourth-order valence-corrected chi connectivity index (χ4v) is 3.89. The van der Waals surface area contributed by atoms with E-state index in [-0.39, 0.29) is 11.7 Å². The molecular weight excluding hydrogens is 339 g/mol. The Morgan fingerprint density at radius 3 is 2.76 bits per heavy atom. The standard InChI is InChI=1S/C19H23FN2O2S/c1-14-11-15(13-25-14)18(23)21-7-10-22-8-5-19(24,6-9-22)16-3-2-4-17(20)12-16/h2-4,11-13,24H,5-10H2,1H3,(H,21,23). The number of nitrogens with zero attached hydrogens (tertiary/aromatic N) is 1. The molecule has 0 radical (unpaired) electrons. The summed E-state index contributed by atoms with van der Waals surface area (Å²) in [6.45, 7) is 4.75. The number of benzene rings is 1. The predicted octanol–water partition coefficient (Wildman–Crippen LogP) is 2.91. The molecule has 1 fully saturated rings. The molecule has 2 aromatic rings. The average Bonchev–Trinajstić information content (AvgIpc) is 3.03. The minimum Gasteiger partial charge on any atom is -0.385 e. The Balaban J connectivity index is 1.45. The van der Waals surface area contributed by atoms with E-state index in [0.717, 1.165) is 24.5 Å². The Morgan fingerprint density at radius 2 is 2.12 bits per heavy atom. The van der Waals surface area contributed by atoms with Crippen LogP contribution in [0.1, 0.15) is 33.6 Å². The quantitative estimate of drug-likeness (QED) is 0.860. The van der Waals surface area contributed by atoms with E-state index in [1.54, 1.807) is 23.5 Å². The van der Waals surface area contributed by atoms with Crippen LogP contribution in [0.15, 0.2) is 35.7 Å². The van der Waals surface area contributed by atoms with Crippen LogP contribution < -0.4 is 5.32 Å². The molecule has 0 atom stereocenters. The number of piperidine rings is 1. The Hall–Kier alpha value is -1.76. The van der Waals surface area contributed by atoms with Crippen molar-refractivity contribution < 1.29 is 14.3 Å². The summed E-state index contributed by atoms with van der Waals surface area (Å²) < 4.78 is 13.4.